The highest BCUT2D eigenvalue weighted by Crippen LogP contribution is 2.36. The molecule has 0 unspecified atom stereocenters. The summed E-state index contributed by atoms with van der Waals surface area (Å²) in [4.78, 5) is 2.07. The predicted octanol–water partition coefficient (Wildman–Crippen LogP) is 2.08. The molecule has 3 rings (SSSR count). The van der Waals surface area contributed by atoms with Crippen LogP contribution in [-0.2, 0) is 15.9 Å². The highest BCUT2D eigenvalue weighted by molar-refractivity contribution is 6.62. The molecule has 4 nitrogen and oxygen atoms in total. The number of nitrogens with zero attached hydrogens (tertiary/aromatic N) is 2. The van der Waals surface area contributed by atoms with Crippen molar-refractivity contribution in [2.45, 2.75) is 45.4 Å². The Labute approximate surface area is 137 Å². The van der Waals surface area contributed by atoms with Gasteiger partial charge >= 0.3 is 7.12 Å². The molecule has 0 saturated carbocycles. The average molecular weight is 316 g/mol. The van der Waals surface area contributed by atoms with Gasteiger partial charge in [0.2, 0.25) is 0 Å². The van der Waals surface area contributed by atoms with E-state index in [1.54, 1.807) is 6.07 Å². The summed E-state index contributed by atoms with van der Waals surface area (Å²) in [5.74, 6) is -0.167. The topological polar surface area (TPSA) is 45.5 Å². The monoisotopic (exact) mass is 316 g/mol. The number of hydrogen-bond acceptors (Lipinski definition) is 4. The van der Waals surface area contributed by atoms with E-state index < -0.39 is 18.3 Å². The molecule has 23 heavy (non-hydrogen) atoms. The van der Waals surface area contributed by atoms with E-state index in [-0.39, 0.29) is 11.7 Å². The van der Waals surface area contributed by atoms with E-state index in [0.29, 0.717) is 17.6 Å². The number of benzene rings is 1. The van der Waals surface area contributed by atoms with E-state index >= 15 is 0 Å². The van der Waals surface area contributed by atoms with Crippen LogP contribution in [0.4, 0.5) is 4.39 Å². The zero-order valence-electron chi connectivity index (χ0n) is 14.1. The molecule has 1 aromatic carbocycles. The summed E-state index contributed by atoms with van der Waals surface area (Å²) in [5, 5.41) is 8.79. The molecule has 0 spiro atoms. The van der Waals surface area contributed by atoms with Gasteiger partial charge in [0.15, 0.2) is 0 Å². The van der Waals surface area contributed by atoms with Gasteiger partial charge in [0, 0.05) is 25.2 Å². The molecule has 0 aliphatic carbocycles. The first-order valence-electron chi connectivity index (χ1n) is 7.98. The highest BCUT2D eigenvalue weighted by Gasteiger charge is 2.51. The molecule has 0 amide bonds. The lowest BCUT2D eigenvalue weighted by molar-refractivity contribution is 0.00578. The standard InChI is InChI=1S/C17H22BFN2O2/c1-16(2)17(3,4)23-18(22-16)14-6-5-13(15(19)7-14)11-21-9-12(8-20)10-21/h5-7,12H,9-11H2,1-4H3. The summed E-state index contributed by atoms with van der Waals surface area (Å²) in [6.45, 7) is 9.89. The number of hydrogen-bond donors (Lipinski definition) is 0. The number of halogens is 1. The third kappa shape index (κ3) is 3.01. The fourth-order valence-electron chi connectivity index (χ4n) is 2.84. The lowest BCUT2D eigenvalue weighted by Crippen LogP contribution is -2.45. The number of likely N-dealkylation sites (tertiary alicyclic amines) is 1. The van der Waals surface area contributed by atoms with Crippen molar-refractivity contribution in [3.8, 4) is 6.07 Å². The molecular formula is C17H22BFN2O2. The fraction of sp³-hybridized carbons (Fsp3) is 0.588. The van der Waals surface area contributed by atoms with Gasteiger partial charge in [-0.3, -0.25) is 4.90 Å². The summed E-state index contributed by atoms with van der Waals surface area (Å²) < 4.78 is 26.3. The van der Waals surface area contributed by atoms with Crippen molar-refractivity contribution >= 4 is 12.6 Å². The maximum Gasteiger partial charge on any atom is 0.494 e. The number of rotatable bonds is 3. The van der Waals surface area contributed by atoms with Gasteiger partial charge < -0.3 is 9.31 Å². The van der Waals surface area contributed by atoms with Crippen molar-refractivity contribution in [1.29, 1.82) is 5.26 Å². The molecule has 2 fully saturated rings. The maximum atomic E-state index is 14.4. The average Bonchev–Trinajstić information content (AvgIpc) is 2.63. The Morgan fingerprint density at radius 2 is 1.87 bits per heavy atom. The third-order valence-electron chi connectivity index (χ3n) is 5.14. The fourth-order valence-corrected chi connectivity index (χ4v) is 2.84. The van der Waals surface area contributed by atoms with E-state index in [4.69, 9.17) is 14.6 Å². The van der Waals surface area contributed by atoms with Crippen molar-refractivity contribution < 1.29 is 13.7 Å². The van der Waals surface area contributed by atoms with Gasteiger partial charge in [0.05, 0.1) is 23.2 Å². The molecule has 0 atom stereocenters. The zero-order chi connectivity index (χ0) is 16.8. The van der Waals surface area contributed by atoms with Crippen LogP contribution in [0.3, 0.4) is 0 Å². The van der Waals surface area contributed by atoms with E-state index in [1.165, 1.54) is 6.07 Å². The molecule has 122 valence electrons. The summed E-state index contributed by atoms with van der Waals surface area (Å²) >= 11 is 0. The van der Waals surface area contributed by atoms with Crippen LogP contribution in [0.1, 0.15) is 33.3 Å². The molecule has 0 radical (unpaired) electrons. The van der Waals surface area contributed by atoms with Gasteiger partial charge in [-0.15, -0.1) is 0 Å². The highest BCUT2D eigenvalue weighted by atomic mass is 19.1. The van der Waals surface area contributed by atoms with Gasteiger partial charge in [-0.1, -0.05) is 12.1 Å². The van der Waals surface area contributed by atoms with Crippen LogP contribution in [0.5, 0.6) is 0 Å². The second-order valence-electron chi connectivity index (χ2n) is 7.46. The summed E-state index contributed by atoms with van der Waals surface area (Å²) in [6.07, 6.45) is 0. The molecule has 0 bridgehead atoms. The van der Waals surface area contributed by atoms with Crippen LogP contribution in [0.25, 0.3) is 0 Å². The SMILES string of the molecule is CC1(C)OB(c2ccc(CN3CC(C#N)C3)c(F)c2)OC1(C)C. The minimum atomic E-state index is -0.546. The van der Waals surface area contributed by atoms with Crippen LogP contribution < -0.4 is 5.46 Å². The summed E-state index contributed by atoms with van der Waals surface area (Å²) in [6, 6.07) is 7.37. The number of nitriles is 1. The van der Waals surface area contributed by atoms with Crippen LogP contribution in [0.2, 0.25) is 0 Å². The first-order valence-corrected chi connectivity index (χ1v) is 7.98. The Morgan fingerprint density at radius 3 is 2.39 bits per heavy atom. The molecular weight excluding hydrogens is 294 g/mol. The minimum Gasteiger partial charge on any atom is -0.399 e. The quantitative estimate of drug-likeness (QED) is 0.801. The van der Waals surface area contributed by atoms with Gasteiger partial charge in [0.1, 0.15) is 5.82 Å². The molecule has 2 aliphatic rings. The zero-order valence-corrected chi connectivity index (χ0v) is 14.1. The molecule has 2 aliphatic heterocycles. The van der Waals surface area contributed by atoms with Crippen LogP contribution in [0.15, 0.2) is 18.2 Å². The van der Waals surface area contributed by atoms with Crippen LogP contribution in [-0.4, -0.2) is 36.3 Å². The van der Waals surface area contributed by atoms with Gasteiger partial charge in [-0.25, -0.2) is 4.39 Å². The lowest BCUT2D eigenvalue weighted by atomic mass is 9.78. The Balaban J connectivity index is 1.70. The largest absolute Gasteiger partial charge is 0.494 e. The second-order valence-corrected chi connectivity index (χ2v) is 7.46. The second kappa shape index (κ2) is 5.59. The van der Waals surface area contributed by atoms with Gasteiger partial charge in [-0.2, -0.15) is 5.26 Å². The van der Waals surface area contributed by atoms with Crippen molar-refractivity contribution in [3.05, 3.63) is 29.6 Å². The summed E-state index contributed by atoms with van der Waals surface area (Å²) in [5.41, 5.74) is 0.470. The Bertz CT molecular complexity index is 634. The molecule has 2 heterocycles. The molecule has 2 saturated heterocycles. The van der Waals surface area contributed by atoms with Gasteiger partial charge in [-0.05, 0) is 39.2 Å². The summed E-state index contributed by atoms with van der Waals surface area (Å²) in [7, 11) is -0.546. The van der Waals surface area contributed by atoms with E-state index in [1.807, 2.05) is 33.8 Å². The molecule has 0 aromatic heterocycles. The van der Waals surface area contributed by atoms with E-state index in [0.717, 1.165) is 13.1 Å². The minimum absolute atomic E-state index is 0.0853. The van der Waals surface area contributed by atoms with Crippen LogP contribution in [0, 0.1) is 23.1 Å². The van der Waals surface area contributed by atoms with Crippen molar-refractivity contribution in [2.24, 2.45) is 5.92 Å². The predicted molar refractivity (Wildman–Crippen MR) is 86.5 cm³/mol. The van der Waals surface area contributed by atoms with Crippen molar-refractivity contribution in [2.75, 3.05) is 13.1 Å². The van der Waals surface area contributed by atoms with Gasteiger partial charge in [0.25, 0.3) is 0 Å². The molecule has 0 N–H and O–H groups in total. The van der Waals surface area contributed by atoms with Crippen LogP contribution >= 0.6 is 0 Å². The Morgan fingerprint density at radius 1 is 1.26 bits per heavy atom. The first kappa shape index (κ1) is 16.4. The van der Waals surface area contributed by atoms with E-state index in [2.05, 4.69) is 11.0 Å². The smallest absolute Gasteiger partial charge is 0.399 e. The van der Waals surface area contributed by atoms with Crippen molar-refractivity contribution in [1.82, 2.24) is 4.90 Å². The molecule has 6 heteroatoms. The van der Waals surface area contributed by atoms with Crippen molar-refractivity contribution in [3.63, 3.8) is 0 Å². The Hall–Kier alpha value is -1.42. The Kier molecular flexibility index (Phi) is 4.00. The van der Waals surface area contributed by atoms with E-state index in [9.17, 15) is 4.39 Å². The maximum absolute atomic E-state index is 14.4. The first-order chi connectivity index (χ1) is 10.7. The normalized spacial score (nSPS) is 23.6. The third-order valence-corrected chi connectivity index (χ3v) is 5.14. The molecule has 1 aromatic rings. The lowest BCUT2D eigenvalue weighted by Gasteiger charge is -2.35.